The lowest BCUT2D eigenvalue weighted by Crippen LogP contribution is -2.60. The van der Waals surface area contributed by atoms with Crippen molar-refractivity contribution in [2.24, 2.45) is 0 Å². The van der Waals surface area contributed by atoms with Crippen molar-refractivity contribution in [3.05, 3.63) is 247 Å². The summed E-state index contributed by atoms with van der Waals surface area (Å²) in [6.07, 6.45) is 0. The van der Waals surface area contributed by atoms with Gasteiger partial charge in [-0.25, -0.2) is 0 Å². The summed E-state index contributed by atoms with van der Waals surface area (Å²) >= 11 is 0. The van der Waals surface area contributed by atoms with Crippen LogP contribution in [0.1, 0.15) is 105 Å². The van der Waals surface area contributed by atoms with Crippen LogP contribution in [0, 0.1) is 0 Å². The van der Waals surface area contributed by atoms with Gasteiger partial charge in [0.05, 0.1) is 16.7 Å². The van der Waals surface area contributed by atoms with Crippen molar-refractivity contribution in [3.63, 3.8) is 0 Å². The molecule has 2 aromatic heterocycles. The average molecular weight is 1120 g/mol. The zero-order valence-corrected chi connectivity index (χ0v) is 51.6. The highest BCUT2D eigenvalue weighted by molar-refractivity contribution is 6.93. The van der Waals surface area contributed by atoms with E-state index in [2.05, 4.69) is 327 Å². The number of fused-ring (bicyclic) bond motifs is 12. The number of para-hydroxylation sites is 3. The highest BCUT2D eigenvalue weighted by atomic mass is 16.3. The quantitative estimate of drug-likeness (QED) is 0.149. The summed E-state index contributed by atoms with van der Waals surface area (Å²) in [4.78, 5) is 7.58. The Balaban J connectivity index is 1.07. The Labute approximate surface area is 506 Å². The fourth-order valence-corrected chi connectivity index (χ4v) is 14.0. The van der Waals surface area contributed by atoms with E-state index in [4.69, 9.17) is 4.42 Å². The number of anilines is 8. The van der Waals surface area contributed by atoms with Crippen LogP contribution in [0.15, 0.2) is 229 Å². The summed E-state index contributed by atoms with van der Waals surface area (Å²) < 4.78 is 9.77. The molecule has 13 aromatic rings. The molecular formula is C80H73BN4O. The lowest BCUT2D eigenvalue weighted by atomic mass is 9.44. The number of furan rings is 1. The predicted octanol–water partition coefficient (Wildman–Crippen LogP) is 21.2. The largest absolute Gasteiger partial charge is 0.454 e. The molecule has 0 radical (unpaired) electrons. The predicted molar refractivity (Wildman–Crippen MR) is 369 cm³/mol. The second kappa shape index (κ2) is 19.1. The zero-order chi connectivity index (χ0) is 59.3. The first-order valence-electron chi connectivity index (χ1n) is 30.7. The Hall–Kier alpha value is -9.26. The number of nitrogens with zero attached hydrogens (tertiary/aromatic N) is 4. The van der Waals surface area contributed by atoms with E-state index < -0.39 is 0 Å². The Morgan fingerprint density at radius 2 is 0.837 bits per heavy atom. The SMILES string of the molecule is CC(C)(C)c1ccc(N(c2ccc(C(C)(C)C)cc2)c2ccc3c(c2)N(c2cccc4c2oc2ccccc24)B2c4c-3cc(N(c3ccc(C(C)(C)C)cc3)c3ccc(C(C)(C)C)cc3)cc4-n3c4ccc5ccccc5c4c4cccc2c43)cc1. The van der Waals surface area contributed by atoms with Crippen molar-refractivity contribution < 1.29 is 4.42 Å². The minimum absolute atomic E-state index is 0.00416. The molecule has 0 atom stereocenters. The van der Waals surface area contributed by atoms with Gasteiger partial charge >= 0.3 is 6.85 Å². The normalized spacial score (nSPS) is 13.3. The third-order valence-electron chi connectivity index (χ3n) is 18.6. The summed E-state index contributed by atoms with van der Waals surface area (Å²) in [5.74, 6) is 0. The van der Waals surface area contributed by atoms with Crippen LogP contribution in [0.5, 0.6) is 0 Å². The summed E-state index contributed by atoms with van der Waals surface area (Å²) in [5, 5.41) is 7.18. The summed E-state index contributed by atoms with van der Waals surface area (Å²) in [6.45, 7) is 27.2. The molecule has 0 saturated heterocycles. The molecule has 11 aromatic carbocycles. The number of aromatic nitrogens is 1. The van der Waals surface area contributed by atoms with E-state index in [0.717, 1.165) is 78.7 Å². The Bertz CT molecular complexity index is 4730. The standard InChI is InChI=1S/C80H73BN4O/c1-77(2,3)51-28-36-55(37-29-51)82(56-38-30-52(31-39-56)78(4,5)6)59-44-45-62-66-47-60(83(57-40-32-53(33-41-57)79(7,8)9)58-42-34-54(35-43-58)80(10,11)12)49-71-74(66)81(85(70(62)48-59)69-25-18-22-64-63-21-15-16-26-72(63)86-76(64)69)67-24-17-23-65-73-61-20-14-13-19-50(61)27-46-68(73)84(71)75(65)67/h13-49H,1-12H3. The second-order valence-electron chi connectivity index (χ2n) is 28.3. The molecule has 422 valence electrons. The van der Waals surface area contributed by atoms with Gasteiger partial charge in [-0.2, -0.15) is 0 Å². The van der Waals surface area contributed by atoms with Gasteiger partial charge in [-0.05, 0) is 162 Å². The molecular weight excluding hydrogens is 1040 g/mol. The lowest BCUT2D eigenvalue weighted by molar-refractivity contribution is 0.590. The number of benzene rings is 11. The molecule has 5 nitrogen and oxygen atoms in total. The van der Waals surface area contributed by atoms with Crippen molar-refractivity contribution in [1.82, 2.24) is 4.57 Å². The first-order valence-corrected chi connectivity index (χ1v) is 30.7. The Kier molecular flexibility index (Phi) is 11.9. The molecule has 0 aliphatic carbocycles. The molecule has 0 N–H and O–H groups in total. The molecule has 86 heavy (non-hydrogen) atoms. The van der Waals surface area contributed by atoms with Crippen LogP contribution in [-0.4, -0.2) is 11.4 Å². The fraction of sp³-hybridized carbons (Fsp3) is 0.200. The molecule has 0 amide bonds. The van der Waals surface area contributed by atoms with Gasteiger partial charge in [-0.15, -0.1) is 0 Å². The minimum Gasteiger partial charge on any atom is -0.454 e. The lowest BCUT2D eigenvalue weighted by Gasteiger charge is -2.43. The summed E-state index contributed by atoms with van der Waals surface area (Å²) in [5.41, 5.74) is 24.0. The summed E-state index contributed by atoms with van der Waals surface area (Å²) in [7, 11) is 0. The van der Waals surface area contributed by atoms with Gasteiger partial charge in [0.1, 0.15) is 5.58 Å². The molecule has 0 bridgehead atoms. The van der Waals surface area contributed by atoms with E-state index in [1.54, 1.807) is 0 Å². The molecule has 2 aliphatic heterocycles. The van der Waals surface area contributed by atoms with Crippen molar-refractivity contribution in [1.29, 1.82) is 0 Å². The molecule has 4 heterocycles. The van der Waals surface area contributed by atoms with Crippen molar-refractivity contribution in [2.75, 3.05) is 14.6 Å². The first-order chi connectivity index (χ1) is 41.2. The van der Waals surface area contributed by atoms with Crippen LogP contribution >= 0.6 is 0 Å². The van der Waals surface area contributed by atoms with Crippen LogP contribution in [0.3, 0.4) is 0 Å². The molecule has 0 spiro atoms. The van der Waals surface area contributed by atoms with E-state index >= 15 is 0 Å². The van der Waals surface area contributed by atoms with Gasteiger partial charge in [0, 0.05) is 72.6 Å². The number of rotatable bonds is 7. The van der Waals surface area contributed by atoms with Crippen LogP contribution in [0.4, 0.5) is 45.5 Å². The van der Waals surface area contributed by atoms with Gasteiger partial charge in [-0.1, -0.05) is 217 Å². The average Bonchev–Trinajstić information content (AvgIpc) is 1.33. The maximum Gasteiger partial charge on any atom is 0.333 e. The molecule has 15 rings (SSSR count). The zero-order valence-electron chi connectivity index (χ0n) is 51.6. The third kappa shape index (κ3) is 8.50. The van der Waals surface area contributed by atoms with E-state index in [9.17, 15) is 0 Å². The van der Waals surface area contributed by atoms with E-state index in [-0.39, 0.29) is 28.5 Å². The van der Waals surface area contributed by atoms with Gasteiger partial charge in [0.25, 0.3) is 0 Å². The van der Waals surface area contributed by atoms with Crippen LogP contribution in [-0.2, 0) is 21.7 Å². The van der Waals surface area contributed by atoms with Gasteiger partial charge in [0.15, 0.2) is 5.58 Å². The monoisotopic (exact) mass is 1120 g/mol. The first kappa shape index (κ1) is 53.5. The maximum absolute atomic E-state index is 7.16. The van der Waals surface area contributed by atoms with Gasteiger partial charge in [0.2, 0.25) is 0 Å². The Morgan fingerprint density at radius 1 is 0.360 bits per heavy atom. The van der Waals surface area contributed by atoms with Gasteiger partial charge < -0.3 is 23.6 Å². The van der Waals surface area contributed by atoms with Crippen LogP contribution in [0.25, 0.3) is 71.3 Å². The van der Waals surface area contributed by atoms with Crippen molar-refractivity contribution in [2.45, 2.75) is 105 Å². The van der Waals surface area contributed by atoms with E-state index in [0.29, 0.717) is 0 Å². The molecule has 2 aliphatic rings. The second-order valence-corrected chi connectivity index (χ2v) is 28.3. The molecule has 6 heteroatoms. The molecule has 0 saturated carbocycles. The third-order valence-corrected chi connectivity index (χ3v) is 18.6. The fourth-order valence-electron chi connectivity index (χ4n) is 14.0. The maximum atomic E-state index is 7.16. The number of hydrogen-bond donors (Lipinski definition) is 0. The minimum atomic E-state index is -0.279. The topological polar surface area (TPSA) is 27.8 Å². The number of hydrogen-bond acceptors (Lipinski definition) is 4. The Morgan fingerprint density at radius 3 is 1.41 bits per heavy atom. The van der Waals surface area contributed by atoms with Crippen LogP contribution in [0.2, 0.25) is 0 Å². The van der Waals surface area contributed by atoms with E-state index in [1.165, 1.54) is 71.3 Å². The smallest absolute Gasteiger partial charge is 0.333 e. The van der Waals surface area contributed by atoms with Crippen molar-refractivity contribution in [3.8, 4) is 16.8 Å². The summed E-state index contributed by atoms with van der Waals surface area (Å²) in [6, 6.07) is 85.1. The van der Waals surface area contributed by atoms with Crippen LogP contribution < -0.4 is 25.5 Å². The van der Waals surface area contributed by atoms with E-state index in [1.807, 2.05) is 0 Å². The molecule has 0 unspecified atom stereocenters. The van der Waals surface area contributed by atoms with Crippen molar-refractivity contribution >= 4 is 118 Å². The van der Waals surface area contributed by atoms with Gasteiger partial charge in [-0.3, -0.25) is 0 Å². The highest BCUT2D eigenvalue weighted by Crippen LogP contribution is 2.52. The highest BCUT2D eigenvalue weighted by Gasteiger charge is 2.46. The molecule has 0 fully saturated rings.